The molecule has 3 nitrogen and oxygen atoms in total. The molecule has 0 aliphatic carbocycles. The van der Waals surface area contributed by atoms with Crippen LogP contribution >= 0.6 is 34.5 Å². The third-order valence-corrected chi connectivity index (χ3v) is 6.07. The predicted molar refractivity (Wildman–Crippen MR) is 107 cm³/mol. The third-order valence-electron chi connectivity index (χ3n) is 4.56. The Morgan fingerprint density at radius 2 is 1.96 bits per heavy atom. The van der Waals surface area contributed by atoms with Crippen LogP contribution in [0.2, 0.25) is 10.0 Å². The van der Waals surface area contributed by atoms with Gasteiger partial charge < -0.3 is 14.5 Å². The first-order valence-corrected chi connectivity index (χ1v) is 10.3. The highest BCUT2D eigenvalue weighted by molar-refractivity contribution is 7.10. The fraction of sp³-hybridized carbons (Fsp3) is 0.474. The first-order chi connectivity index (χ1) is 12.1. The van der Waals surface area contributed by atoms with Crippen LogP contribution in [0.15, 0.2) is 35.7 Å². The van der Waals surface area contributed by atoms with Gasteiger partial charge in [0.25, 0.3) is 0 Å². The van der Waals surface area contributed by atoms with E-state index in [1.54, 1.807) is 29.5 Å². The Morgan fingerprint density at radius 1 is 1.16 bits per heavy atom. The predicted octanol–water partition coefficient (Wildman–Crippen LogP) is 5.20. The number of piperazine rings is 1. The minimum Gasteiger partial charge on any atom is -0.483 e. The Balaban J connectivity index is 1.59. The van der Waals surface area contributed by atoms with E-state index in [2.05, 4.69) is 34.4 Å². The summed E-state index contributed by atoms with van der Waals surface area (Å²) in [5, 5.41) is 3.33. The van der Waals surface area contributed by atoms with E-state index in [1.165, 1.54) is 4.88 Å². The largest absolute Gasteiger partial charge is 0.483 e. The SMILES string of the molecule is CN1CCN(CCCC(Oc2cc(Cl)ccc2Cl)c2cccs2)CC1. The molecular weight excluding hydrogens is 375 g/mol. The molecule has 3 rings (SSSR count). The van der Waals surface area contributed by atoms with E-state index >= 15 is 0 Å². The van der Waals surface area contributed by atoms with Crippen molar-refractivity contribution in [2.75, 3.05) is 39.8 Å². The van der Waals surface area contributed by atoms with Crippen molar-refractivity contribution in [2.45, 2.75) is 18.9 Å². The topological polar surface area (TPSA) is 15.7 Å². The Hall–Kier alpha value is -0.780. The summed E-state index contributed by atoms with van der Waals surface area (Å²) in [5.74, 6) is 0.659. The number of halogens is 2. The van der Waals surface area contributed by atoms with Crippen molar-refractivity contribution in [3.05, 3.63) is 50.6 Å². The summed E-state index contributed by atoms with van der Waals surface area (Å²) in [6.45, 7) is 5.73. The quantitative estimate of drug-likeness (QED) is 0.636. The highest BCUT2D eigenvalue weighted by Gasteiger charge is 2.18. The number of ether oxygens (including phenoxy) is 1. The minimum atomic E-state index is 0.0171. The summed E-state index contributed by atoms with van der Waals surface area (Å²) in [6.07, 6.45) is 2.09. The molecule has 0 bridgehead atoms. The van der Waals surface area contributed by atoms with Gasteiger partial charge in [0.2, 0.25) is 0 Å². The molecule has 1 saturated heterocycles. The van der Waals surface area contributed by atoms with E-state index < -0.39 is 0 Å². The zero-order valence-electron chi connectivity index (χ0n) is 14.5. The van der Waals surface area contributed by atoms with Crippen molar-refractivity contribution in [3.8, 4) is 5.75 Å². The van der Waals surface area contributed by atoms with Gasteiger partial charge >= 0.3 is 0 Å². The van der Waals surface area contributed by atoms with Gasteiger partial charge in [0.15, 0.2) is 0 Å². The van der Waals surface area contributed by atoms with E-state index in [0.29, 0.717) is 15.8 Å². The first-order valence-electron chi connectivity index (χ1n) is 8.68. The molecule has 2 heterocycles. The molecular formula is C19H24Cl2N2OS. The summed E-state index contributed by atoms with van der Waals surface area (Å²) >= 11 is 14.1. The maximum atomic E-state index is 6.28. The van der Waals surface area contributed by atoms with Gasteiger partial charge in [0.1, 0.15) is 11.9 Å². The average Bonchev–Trinajstić information content (AvgIpc) is 3.13. The van der Waals surface area contributed by atoms with Crippen LogP contribution < -0.4 is 4.74 Å². The molecule has 0 radical (unpaired) electrons. The fourth-order valence-corrected chi connectivity index (χ4v) is 4.14. The van der Waals surface area contributed by atoms with Gasteiger partial charge in [-0.2, -0.15) is 0 Å². The maximum absolute atomic E-state index is 6.28. The lowest BCUT2D eigenvalue weighted by molar-refractivity contribution is 0.140. The van der Waals surface area contributed by atoms with Crippen molar-refractivity contribution in [3.63, 3.8) is 0 Å². The highest BCUT2D eigenvalue weighted by atomic mass is 35.5. The molecule has 1 aliphatic rings. The van der Waals surface area contributed by atoms with Crippen LogP contribution in [-0.2, 0) is 0 Å². The zero-order chi connectivity index (χ0) is 17.6. The smallest absolute Gasteiger partial charge is 0.140 e. The summed E-state index contributed by atoms with van der Waals surface area (Å²) < 4.78 is 6.24. The molecule has 2 aromatic rings. The molecule has 1 aliphatic heterocycles. The second kappa shape index (κ2) is 9.24. The van der Waals surface area contributed by atoms with Crippen LogP contribution in [0.4, 0.5) is 0 Å². The summed E-state index contributed by atoms with van der Waals surface area (Å²) in [4.78, 5) is 6.15. The van der Waals surface area contributed by atoms with Gasteiger partial charge in [0, 0.05) is 42.1 Å². The summed E-state index contributed by atoms with van der Waals surface area (Å²) in [7, 11) is 2.19. The molecule has 136 valence electrons. The van der Waals surface area contributed by atoms with Crippen molar-refractivity contribution in [1.29, 1.82) is 0 Å². The number of nitrogens with zero attached hydrogens (tertiary/aromatic N) is 2. The zero-order valence-corrected chi connectivity index (χ0v) is 16.8. The van der Waals surface area contributed by atoms with Gasteiger partial charge in [-0.15, -0.1) is 11.3 Å². The van der Waals surface area contributed by atoms with Gasteiger partial charge in [-0.3, -0.25) is 0 Å². The summed E-state index contributed by atoms with van der Waals surface area (Å²) in [6, 6.07) is 9.56. The lowest BCUT2D eigenvalue weighted by Gasteiger charge is -2.32. The lowest BCUT2D eigenvalue weighted by atomic mass is 10.1. The Bertz CT molecular complexity index is 657. The van der Waals surface area contributed by atoms with E-state index in [4.69, 9.17) is 27.9 Å². The van der Waals surface area contributed by atoms with Crippen LogP contribution in [0.1, 0.15) is 23.8 Å². The van der Waals surface area contributed by atoms with Crippen molar-refractivity contribution in [2.24, 2.45) is 0 Å². The third kappa shape index (κ3) is 5.60. The maximum Gasteiger partial charge on any atom is 0.140 e. The van der Waals surface area contributed by atoms with Gasteiger partial charge in [-0.1, -0.05) is 29.3 Å². The number of benzene rings is 1. The van der Waals surface area contributed by atoms with E-state index in [-0.39, 0.29) is 6.10 Å². The van der Waals surface area contributed by atoms with Gasteiger partial charge in [-0.05, 0) is 50.0 Å². The molecule has 0 amide bonds. The normalized spacial score (nSPS) is 17.6. The van der Waals surface area contributed by atoms with Crippen LogP contribution in [-0.4, -0.2) is 49.6 Å². The number of likely N-dealkylation sites (N-methyl/N-ethyl adjacent to an activating group) is 1. The molecule has 0 N–H and O–H groups in total. The number of hydrogen-bond donors (Lipinski definition) is 0. The van der Waals surface area contributed by atoms with Crippen molar-refractivity contribution >= 4 is 34.5 Å². The Morgan fingerprint density at radius 3 is 2.68 bits per heavy atom. The molecule has 1 atom stereocenters. The minimum absolute atomic E-state index is 0.0171. The second-order valence-electron chi connectivity index (χ2n) is 6.48. The second-order valence-corrected chi connectivity index (χ2v) is 8.31. The molecule has 0 saturated carbocycles. The molecule has 6 heteroatoms. The van der Waals surface area contributed by atoms with E-state index in [9.17, 15) is 0 Å². The number of hydrogen-bond acceptors (Lipinski definition) is 4. The molecule has 0 spiro atoms. The standard InChI is InChI=1S/C19H24Cl2N2OS/c1-22-9-11-23(12-10-22)8-2-4-17(19-5-3-13-25-19)24-18-14-15(20)6-7-16(18)21/h3,5-7,13-14,17H,2,4,8-12H2,1H3. The molecule has 1 fully saturated rings. The van der Waals surface area contributed by atoms with Crippen molar-refractivity contribution in [1.82, 2.24) is 9.80 Å². The van der Waals surface area contributed by atoms with Crippen molar-refractivity contribution < 1.29 is 4.74 Å². The molecule has 25 heavy (non-hydrogen) atoms. The number of thiophene rings is 1. The van der Waals surface area contributed by atoms with Crippen LogP contribution in [0.3, 0.4) is 0 Å². The van der Waals surface area contributed by atoms with Crippen LogP contribution in [0.5, 0.6) is 5.75 Å². The highest BCUT2D eigenvalue weighted by Crippen LogP contribution is 2.34. The molecule has 1 aromatic carbocycles. The Labute approximate surface area is 164 Å². The van der Waals surface area contributed by atoms with Gasteiger partial charge in [-0.25, -0.2) is 0 Å². The van der Waals surface area contributed by atoms with Crippen LogP contribution in [0, 0.1) is 0 Å². The van der Waals surface area contributed by atoms with E-state index in [1.807, 2.05) is 0 Å². The average molecular weight is 399 g/mol. The first kappa shape index (κ1) is 19.0. The number of rotatable bonds is 7. The molecule has 1 aromatic heterocycles. The molecule has 1 unspecified atom stereocenters. The fourth-order valence-electron chi connectivity index (χ4n) is 3.03. The van der Waals surface area contributed by atoms with Gasteiger partial charge in [0.05, 0.1) is 5.02 Å². The van der Waals surface area contributed by atoms with Crippen LogP contribution in [0.25, 0.3) is 0 Å². The van der Waals surface area contributed by atoms with E-state index in [0.717, 1.165) is 45.6 Å². The lowest BCUT2D eigenvalue weighted by Crippen LogP contribution is -2.44. The monoisotopic (exact) mass is 398 g/mol. The summed E-state index contributed by atoms with van der Waals surface area (Å²) in [5.41, 5.74) is 0. The Kier molecular flexibility index (Phi) is 7.02.